The molecular weight excluding hydrogens is 443 g/mol. The summed E-state index contributed by atoms with van der Waals surface area (Å²) in [5, 5.41) is 5.46. The van der Waals surface area contributed by atoms with E-state index >= 15 is 0 Å². The fourth-order valence-corrected chi connectivity index (χ4v) is 2.91. The number of hydrogen-bond donors (Lipinski definition) is 2. The average Bonchev–Trinajstić information content (AvgIpc) is 3.14. The van der Waals surface area contributed by atoms with Gasteiger partial charge in [-0.1, -0.05) is 18.2 Å². The fourth-order valence-electron chi connectivity index (χ4n) is 2.60. The Bertz CT molecular complexity index is 1020. The van der Waals surface area contributed by atoms with E-state index in [0.29, 0.717) is 15.9 Å². The molecule has 0 atom stereocenters. The molecule has 0 aliphatic rings. The molecule has 0 unspecified atom stereocenters. The molecule has 6 nitrogen and oxygen atoms in total. The van der Waals surface area contributed by atoms with Gasteiger partial charge in [-0.05, 0) is 63.5 Å². The predicted molar refractivity (Wildman–Crippen MR) is 109 cm³/mol. The van der Waals surface area contributed by atoms with Crippen LogP contribution in [0.4, 0.5) is 10.1 Å². The predicted octanol–water partition coefficient (Wildman–Crippen LogP) is 4.30. The van der Waals surface area contributed by atoms with Crippen molar-refractivity contribution in [3.8, 4) is 5.75 Å². The number of rotatable bonds is 7. The number of methoxy groups -OCH3 is 1. The van der Waals surface area contributed by atoms with Crippen molar-refractivity contribution in [1.29, 1.82) is 0 Å². The van der Waals surface area contributed by atoms with E-state index in [9.17, 15) is 14.0 Å². The third kappa shape index (κ3) is 5.68. The van der Waals surface area contributed by atoms with Gasteiger partial charge in [0.15, 0.2) is 22.0 Å². The number of nitrogens with one attached hydrogen (secondary N) is 2. The quantitative estimate of drug-likeness (QED) is 0.550. The van der Waals surface area contributed by atoms with Crippen LogP contribution in [0.2, 0.25) is 0 Å². The van der Waals surface area contributed by atoms with Crippen molar-refractivity contribution >= 4 is 33.4 Å². The van der Waals surface area contributed by atoms with Crippen LogP contribution in [0.1, 0.15) is 21.7 Å². The lowest BCUT2D eigenvalue weighted by Gasteiger charge is -2.08. The minimum Gasteiger partial charge on any atom is -0.494 e. The molecule has 0 spiro atoms. The van der Waals surface area contributed by atoms with Gasteiger partial charge in [0.05, 0.1) is 13.5 Å². The molecule has 2 amide bonds. The highest BCUT2D eigenvalue weighted by Crippen LogP contribution is 2.18. The molecule has 2 N–H and O–H groups in total. The third-order valence-electron chi connectivity index (χ3n) is 4.08. The largest absolute Gasteiger partial charge is 0.494 e. The zero-order valence-corrected chi connectivity index (χ0v) is 17.1. The van der Waals surface area contributed by atoms with E-state index in [0.717, 1.165) is 5.56 Å². The number of anilines is 1. The second-order valence-electron chi connectivity index (χ2n) is 6.18. The van der Waals surface area contributed by atoms with Gasteiger partial charge < -0.3 is 19.8 Å². The number of furan rings is 1. The number of amides is 2. The molecule has 8 heteroatoms. The topological polar surface area (TPSA) is 80.6 Å². The maximum Gasteiger partial charge on any atom is 0.291 e. The lowest BCUT2D eigenvalue weighted by atomic mass is 10.1. The Morgan fingerprint density at radius 3 is 2.41 bits per heavy atom. The van der Waals surface area contributed by atoms with Crippen molar-refractivity contribution in [2.24, 2.45) is 0 Å². The van der Waals surface area contributed by atoms with Gasteiger partial charge in [0.25, 0.3) is 5.91 Å². The van der Waals surface area contributed by atoms with Crippen LogP contribution in [0.15, 0.2) is 63.7 Å². The van der Waals surface area contributed by atoms with Gasteiger partial charge in [0, 0.05) is 12.2 Å². The number of carbonyl (C=O) groups is 2. The number of benzene rings is 2. The third-order valence-corrected chi connectivity index (χ3v) is 4.51. The van der Waals surface area contributed by atoms with E-state index in [-0.39, 0.29) is 36.3 Å². The molecule has 1 heterocycles. The van der Waals surface area contributed by atoms with Gasteiger partial charge in [0.2, 0.25) is 5.91 Å². The molecule has 0 fully saturated rings. The van der Waals surface area contributed by atoms with Crippen LogP contribution in [-0.4, -0.2) is 18.9 Å². The molecular formula is C21H18BrFN2O4. The monoisotopic (exact) mass is 460 g/mol. The van der Waals surface area contributed by atoms with E-state index in [1.807, 2.05) is 0 Å². The molecule has 0 aliphatic heterocycles. The van der Waals surface area contributed by atoms with Crippen molar-refractivity contribution in [2.45, 2.75) is 13.0 Å². The Hall–Kier alpha value is -3.13. The van der Waals surface area contributed by atoms with Gasteiger partial charge in [0.1, 0.15) is 0 Å². The van der Waals surface area contributed by atoms with Gasteiger partial charge >= 0.3 is 0 Å². The van der Waals surface area contributed by atoms with Crippen LogP contribution < -0.4 is 15.4 Å². The summed E-state index contributed by atoms with van der Waals surface area (Å²) in [6, 6.07) is 14.6. The summed E-state index contributed by atoms with van der Waals surface area (Å²) >= 11 is 3.15. The highest BCUT2D eigenvalue weighted by Gasteiger charge is 2.11. The fraction of sp³-hybridized carbons (Fsp3) is 0.143. The summed E-state index contributed by atoms with van der Waals surface area (Å²) in [5.41, 5.74) is 2.00. The second kappa shape index (κ2) is 9.38. The Morgan fingerprint density at radius 1 is 1.07 bits per heavy atom. The van der Waals surface area contributed by atoms with E-state index in [2.05, 4.69) is 26.6 Å². The second-order valence-corrected chi connectivity index (χ2v) is 6.96. The normalized spacial score (nSPS) is 10.4. The summed E-state index contributed by atoms with van der Waals surface area (Å²) in [6.45, 7) is 0.215. The summed E-state index contributed by atoms with van der Waals surface area (Å²) in [6.07, 6.45) is 0.165. The molecule has 0 bridgehead atoms. The van der Waals surface area contributed by atoms with Gasteiger partial charge in [-0.2, -0.15) is 0 Å². The van der Waals surface area contributed by atoms with Crippen molar-refractivity contribution in [2.75, 3.05) is 12.4 Å². The summed E-state index contributed by atoms with van der Waals surface area (Å²) < 4.78 is 24.2. The number of ether oxygens (including phenoxy) is 1. The minimum absolute atomic E-state index is 0.159. The van der Waals surface area contributed by atoms with Gasteiger partial charge in [-0.15, -0.1) is 0 Å². The molecule has 0 saturated heterocycles. The summed E-state index contributed by atoms with van der Waals surface area (Å²) in [7, 11) is 1.40. The summed E-state index contributed by atoms with van der Waals surface area (Å²) in [4.78, 5) is 24.2. The maximum absolute atomic E-state index is 13.7. The first-order chi connectivity index (χ1) is 13.9. The van der Waals surface area contributed by atoms with Crippen LogP contribution >= 0.6 is 15.9 Å². The van der Waals surface area contributed by atoms with Gasteiger partial charge in [-0.3, -0.25) is 9.59 Å². The molecule has 0 aliphatic carbocycles. The lowest BCUT2D eigenvalue weighted by Crippen LogP contribution is -2.24. The van der Waals surface area contributed by atoms with Crippen LogP contribution in [0.5, 0.6) is 5.75 Å². The first-order valence-electron chi connectivity index (χ1n) is 8.69. The number of carbonyl (C=O) groups excluding carboxylic acids is 2. The van der Waals surface area contributed by atoms with Crippen molar-refractivity contribution in [1.82, 2.24) is 5.32 Å². The van der Waals surface area contributed by atoms with Crippen molar-refractivity contribution in [3.05, 3.63) is 82.0 Å². The smallest absolute Gasteiger partial charge is 0.291 e. The van der Waals surface area contributed by atoms with Gasteiger partial charge in [-0.25, -0.2) is 4.39 Å². The molecule has 2 aromatic carbocycles. The van der Waals surface area contributed by atoms with E-state index < -0.39 is 5.82 Å². The van der Waals surface area contributed by atoms with E-state index in [1.54, 1.807) is 42.5 Å². The zero-order chi connectivity index (χ0) is 20.8. The Kier molecular flexibility index (Phi) is 6.66. The standard InChI is InChI=1S/C21H18BrFN2O4/c1-28-17-7-4-14(10-16(17)23)12-24-20(26)11-13-2-5-15(6-3-13)25-21(27)18-8-9-19(22)29-18/h2-10H,11-12H2,1H3,(H,24,26)(H,25,27). The Labute approximate surface area is 175 Å². The van der Waals surface area contributed by atoms with Crippen molar-refractivity contribution < 1.29 is 23.1 Å². The highest BCUT2D eigenvalue weighted by atomic mass is 79.9. The van der Waals surface area contributed by atoms with Crippen molar-refractivity contribution in [3.63, 3.8) is 0 Å². The molecule has 0 saturated carbocycles. The van der Waals surface area contributed by atoms with Crippen LogP contribution in [0.25, 0.3) is 0 Å². The molecule has 150 valence electrons. The first kappa shape index (κ1) is 20.6. The molecule has 0 radical (unpaired) electrons. The maximum atomic E-state index is 13.7. The molecule has 3 aromatic rings. The van der Waals surface area contributed by atoms with Crippen LogP contribution in [0, 0.1) is 5.82 Å². The Morgan fingerprint density at radius 2 is 1.79 bits per heavy atom. The minimum atomic E-state index is -0.473. The van der Waals surface area contributed by atoms with E-state index in [1.165, 1.54) is 19.2 Å². The molecule has 3 rings (SSSR count). The van der Waals surface area contributed by atoms with Crippen LogP contribution in [0.3, 0.4) is 0 Å². The SMILES string of the molecule is COc1ccc(CNC(=O)Cc2ccc(NC(=O)c3ccc(Br)o3)cc2)cc1F. The molecule has 29 heavy (non-hydrogen) atoms. The average molecular weight is 461 g/mol. The first-order valence-corrected chi connectivity index (χ1v) is 9.48. The number of hydrogen-bond acceptors (Lipinski definition) is 4. The van der Waals surface area contributed by atoms with Crippen LogP contribution in [-0.2, 0) is 17.8 Å². The summed E-state index contributed by atoms with van der Waals surface area (Å²) in [5.74, 6) is -0.688. The van der Waals surface area contributed by atoms with E-state index in [4.69, 9.17) is 9.15 Å². The molecule has 1 aromatic heterocycles. The zero-order valence-electron chi connectivity index (χ0n) is 15.5. The Balaban J connectivity index is 1.50. The highest BCUT2D eigenvalue weighted by molar-refractivity contribution is 9.10. The lowest BCUT2D eigenvalue weighted by molar-refractivity contribution is -0.120. The number of halogens is 2.